The smallest absolute Gasteiger partial charge is 0.247 e. The van der Waals surface area contributed by atoms with E-state index in [-0.39, 0.29) is 11.8 Å². The molecule has 1 aromatic carbocycles. The molecule has 6 heteroatoms. The summed E-state index contributed by atoms with van der Waals surface area (Å²) in [5.74, 6) is 0.599. The molecule has 3 rings (SSSR count). The van der Waals surface area contributed by atoms with Gasteiger partial charge in [0, 0.05) is 17.8 Å². The van der Waals surface area contributed by atoms with Crippen LogP contribution in [-0.4, -0.2) is 29.2 Å². The van der Waals surface area contributed by atoms with Crippen molar-refractivity contribution in [2.45, 2.75) is 12.8 Å². The van der Waals surface area contributed by atoms with Crippen LogP contribution in [0.15, 0.2) is 35.1 Å². The van der Waals surface area contributed by atoms with E-state index >= 15 is 0 Å². The Kier molecular flexibility index (Phi) is 3.73. The zero-order valence-electron chi connectivity index (χ0n) is 11.0. The molecule has 2 N–H and O–H groups in total. The van der Waals surface area contributed by atoms with E-state index in [0.29, 0.717) is 5.89 Å². The molecular formula is C14H16N4O2. The Hall–Kier alpha value is -2.21. The molecule has 1 unspecified atom stereocenters. The molecule has 2 heterocycles. The third-order valence-electron chi connectivity index (χ3n) is 3.43. The van der Waals surface area contributed by atoms with E-state index in [2.05, 4.69) is 20.8 Å². The topological polar surface area (TPSA) is 80.1 Å². The van der Waals surface area contributed by atoms with Gasteiger partial charge in [-0.05, 0) is 43.7 Å². The third kappa shape index (κ3) is 2.85. The van der Waals surface area contributed by atoms with Crippen molar-refractivity contribution in [2.24, 2.45) is 5.92 Å². The molecule has 1 saturated heterocycles. The SMILES string of the molecule is O=C(Nc1ccc(-c2nnco2)cc1)C1CCCNC1. The van der Waals surface area contributed by atoms with Gasteiger partial charge in [0.25, 0.3) is 0 Å². The first kappa shape index (κ1) is 12.8. The van der Waals surface area contributed by atoms with Gasteiger partial charge in [0.15, 0.2) is 0 Å². The Morgan fingerprint density at radius 3 is 2.85 bits per heavy atom. The number of rotatable bonds is 3. The summed E-state index contributed by atoms with van der Waals surface area (Å²) in [5, 5.41) is 13.7. The molecule has 2 aromatic rings. The molecule has 20 heavy (non-hydrogen) atoms. The quantitative estimate of drug-likeness (QED) is 0.888. The van der Waals surface area contributed by atoms with Gasteiger partial charge in [0.1, 0.15) is 0 Å². The summed E-state index contributed by atoms with van der Waals surface area (Å²) in [6.07, 6.45) is 3.29. The number of nitrogens with zero attached hydrogens (tertiary/aromatic N) is 2. The molecule has 1 amide bonds. The van der Waals surface area contributed by atoms with Crippen LogP contribution in [0.1, 0.15) is 12.8 Å². The predicted molar refractivity (Wildman–Crippen MR) is 74.0 cm³/mol. The maximum absolute atomic E-state index is 12.1. The van der Waals surface area contributed by atoms with E-state index < -0.39 is 0 Å². The van der Waals surface area contributed by atoms with Crippen molar-refractivity contribution in [1.29, 1.82) is 0 Å². The first-order valence-corrected chi connectivity index (χ1v) is 6.71. The molecule has 1 aliphatic rings. The monoisotopic (exact) mass is 272 g/mol. The summed E-state index contributed by atoms with van der Waals surface area (Å²) in [7, 11) is 0. The standard InChI is InChI=1S/C14H16N4O2/c19-13(11-2-1-7-15-8-11)17-12-5-3-10(4-6-12)14-18-16-9-20-14/h3-6,9,11,15H,1-2,7-8H2,(H,17,19). The van der Waals surface area contributed by atoms with Gasteiger partial charge in [0.2, 0.25) is 18.2 Å². The predicted octanol–water partition coefficient (Wildman–Crippen LogP) is 1.67. The highest BCUT2D eigenvalue weighted by Gasteiger charge is 2.20. The van der Waals surface area contributed by atoms with E-state index in [1.54, 1.807) is 0 Å². The molecule has 6 nitrogen and oxygen atoms in total. The van der Waals surface area contributed by atoms with Crippen molar-refractivity contribution >= 4 is 11.6 Å². The number of hydrogen-bond donors (Lipinski definition) is 2. The minimum Gasteiger partial charge on any atom is -0.423 e. The molecule has 1 atom stereocenters. The lowest BCUT2D eigenvalue weighted by molar-refractivity contribution is -0.120. The van der Waals surface area contributed by atoms with Crippen molar-refractivity contribution in [3.05, 3.63) is 30.7 Å². The Morgan fingerprint density at radius 2 is 2.20 bits per heavy atom. The second kappa shape index (κ2) is 5.83. The van der Waals surface area contributed by atoms with Crippen molar-refractivity contribution in [3.63, 3.8) is 0 Å². The van der Waals surface area contributed by atoms with Crippen molar-refractivity contribution in [2.75, 3.05) is 18.4 Å². The lowest BCUT2D eigenvalue weighted by Crippen LogP contribution is -2.37. The average molecular weight is 272 g/mol. The van der Waals surface area contributed by atoms with E-state index in [1.165, 1.54) is 6.39 Å². The van der Waals surface area contributed by atoms with Crippen LogP contribution in [0.25, 0.3) is 11.5 Å². The lowest BCUT2D eigenvalue weighted by Gasteiger charge is -2.21. The second-order valence-electron chi connectivity index (χ2n) is 4.85. The van der Waals surface area contributed by atoms with Crippen molar-refractivity contribution < 1.29 is 9.21 Å². The van der Waals surface area contributed by atoms with E-state index in [9.17, 15) is 4.79 Å². The third-order valence-corrected chi connectivity index (χ3v) is 3.43. The molecule has 104 valence electrons. The Morgan fingerprint density at radius 1 is 1.35 bits per heavy atom. The van der Waals surface area contributed by atoms with Gasteiger partial charge in [-0.3, -0.25) is 4.79 Å². The summed E-state index contributed by atoms with van der Waals surface area (Å²) in [6, 6.07) is 7.38. The van der Waals surface area contributed by atoms with Gasteiger partial charge in [-0.2, -0.15) is 0 Å². The van der Waals surface area contributed by atoms with Gasteiger partial charge < -0.3 is 15.1 Å². The van der Waals surface area contributed by atoms with Crippen LogP contribution in [0.5, 0.6) is 0 Å². The molecule has 0 spiro atoms. The Labute approximate surface area is 116 Å². The maximum Gasteiger partial charge on any atom is 0.247 e. The van der Waals surface area contributed by atoms with Gasteiger partial charge in [-0.25, -0.2) is 0 Å². The highest BCUT2D eigenvalue weighted by molar-refractivity contribution is 5.92. The van der Waals surface area contributed by atoms with Crippen LogP contribution in [0.4, 0.5) is 5.69 Å². The fourth-order valence-electron chi connectivity index (χ4n) is 2.31. The fourth-order valence-corrected chi connectivity index (χ4v) is 2.31. The number of nitrogens with one attached hydrogen (secondary N) is 2. The molecule has 1 aromatic heterocycles. The number of carbonyl (C=O) groups excluding carboxylic acids is 1. The molecule has 0 radical (unpaired) electrons. The van der Waals surface area contributed by atoms with Gasteiger partial charge >= 0.3 is 0 Å². The normalized spacial score (nSPS) is 18.7. The van der Waals surface area contributed by atoms with Crippen LogP contribution < -0.4 is 10.6 Å². The fraction of sp³-hybridized carbons (Fsp3) is 0.357. The number of hydrogen-bond acceptors (Lipinski definition) is 5. The van der Waals surface area contributed by atoms with Gasteiger partial charge in [-0.15, -0.1) is 10.2 Å². The van der Waals surface area contributed by atoms with E-state index in [1.807, 2.05) is 24.3 Å². The lowest BCUT2D eigenvalue weighted by atomic mass is 9.99. The maximum atomic E-state index is 12.1. The van der Waals surface area contributed by atoms with Crippen molar-refractivity contribution in [3.8, 4) is 11.5 Å². The molecule has 1 fully saturated rings. The molecule has 0 bridgehead atoms. The number of carbonyl (C=O) groups is 1. The summed E-state index contributed by atoms with van der Waals surface area (Å²) in [6.45, 7) is 1.76. The summed E-state index contributed by atoms with van der Waals surface area (Å²) in [4.78, 5) is 12.1. The largest absolute Gasteiger partial charge is 0.423 e. The van der Waals surface area contributed by atoms with Crippen molar-refractivity contribution in [1.82, 2.24) is 15.5 Å². The van der Waals surface area contributed by atoms with E-state index in [0.717, 1.165) is 37.2 Å². The number of aromatic nitrogens is 2. The molecule has 0 saturated carbocycles. The minimum atomic E-state index is 0.0550. The highest BCUT2D eigenvalue weighted by atomic mass is 16.4. The van der Waals surface area contributed by atoms with Gasteiger partial charge in [-0.1, -0.05) is 0 Å². The summed E-state index contributed by atoms with van der Waals surface area (Å²) >= 11 is 0. The van der Waals surface area contributed by atoms with Crippen LogP contribution in [0.2, 0.25) is 0 Å². The first-order chi connectivity index (χ1) is 9.83. The van der Waals surface area contributed by atoms with Gasteiger partial charge in [0.05, 0.1) is 5.92 Å². The Bertz CT molecular complexity index is 559. The second-order valence-corrected chi connectivity index (χ2v) is 4.85. The molecule has 1 aliphatic heterocycles. The average Bonchev–Trinajstić information content (AvgIpc) is 3.03. The Balaban J connectivity index is 1.64. The minimum absolute atomic E-state index is 0.0550. The van der Waals surface area contributed by atoms with Crippen LogP contribution in [0.3, 0.4) is 0 Å². The van der Waals surface area contributed by atoms with Crippen LogP contribution in [-0.2, 0) is 4.79 Å². The number of amides is 1. The zero-order valence-corrected chi connectivity index (χ0v) is 11.0. The first-order valence-electron chi connectivity index (χ1n) is 6.71. The summed E-state index contributed by atoms with van der Waals surface area (Å²) < 4.78 is 5.12. The van der Waals surface area contributed by atoms with Crippen LogP contribution in [0, 0.1) is 5.92 Å². The highest BCUT2D eigenvalue weighted by Crippen LogP contribution is 2.20. The van der Waals surface area contributed by atoms with E-state index in [4.69, 9.17) is 4.42 Å². The number of benzene rings is 1. The zero-order chi connectivity index (χ0) is 13.8. The number of anilines is 1. The molecule has 0 aliphatic carbocycles. The number of piperidine rings is 1. The summed E-state index contributed by atoms with van der Waals surface area (Å²) in [5.41, 5.74) is 1.61. The molecular weight excluding hydrogens is 256 g/mol. The van der Waals surface area contributed by atoms with Crippen LogP contribution >= 0.6 is 0 Å².